The highest BCUT2D eigenvalue weighted by Gasteiger charge is 2.40. The third-order valence-corrected chi connectivity index (χ3v) is 4.73. The molecule has 1 aliphatic carbocycles. The lowest BCUT2D eigenvalue weighted by Crippen LogP contribution is -2.42. The van der Waals surface area contributed by atoms with Crippen LogP contribution in [0.4, 0.5) is 0 Å². The van der Waals surface area contributed by atoms with Crippen molar-refractivity contribution in [1.82, 2.24) is 0 Å². The van der Waals surface area contributed by atoms with Crippen molar-refractivity contribution in [3.63, 3.8) is 0 Å². The van der Waals surface area contributed by atoms with Crippen LogP contribution in [0, 0.1) is 5.41 Å². The van der Waals surface area contributed by atoms with Crippen molar-refractivity contribution in [2.45, 2.75) is 65.0 Å². The summed E-state index contributed by atoms with van der Waals surface area (Å²) in [5, 5.41) is 0. The van der Waals surface area contributed by atoms with E-state index in [0.717, 1.165) is 18.6 Å². The average molecular weight is 261 g/mol. The molecule has 1 aliphatic rings. The van der Waals surface area contributed by atoms with Crippen LogP contribution in [-0.2, 0) is 0 Å². The molecule has 2 rings (SSSR count). The standard InChI is InChI=1S/C17H27NO/c1-5-12(2)13-6-8-14(9-7-13)19-15-10-11-17(3,4)16(15)18/h6-9,12,15-16H,5,10-11,18H2,1-4H3. The van der Waals surface area contributed by atoms with E-state index in [-0.39, 0.29) is 17.6 Å². The molecule has 0 aromatic heterocycles. The molecule has 0 saturated heterocycles. The Balaban J connectivity index is 2.01. The monoisotopic (exact) mass is 261 g/mol. The summed E-state index contributed by atoms with van der Waals surface area (Å²) in [7, 11) is 0. The minimum atomic E-state index is 0.127. The molecule has 1 aromatic carbocycles. The summed E-state index contributed by atoms with van der Waals surface area (Å²) in [6.45, 7) is 8.93. The van der Waals surface area contributed by atoms with E-state index in [1.807, 2.05) is 0 Å². The zero-order valence-corrected chi connectivity index (χ0v) is 12.6. The molecule has 0 heterocycles. The Labute approximate surface area is 117 Å². The minimum Gasteiger partial charge on any atom is -0.489 e. The van der Waals surface area contributed by atoms with E-state index in [1.54, 1.807) is 0 Å². The van der Waals surface area contributed by atoms with Crippen LogP contribution in [-0.4, -0.2) is 12.1 Å². The van der Waals surface area contributed by atoms with Gasteiger partial charge in [0.2, 0.25) is 0 Å². The first-order valence-corrected chi connectivity index (χ1v) is 7.46. The van der Waals surface area contributed by atoms with Gasteiger partial charge in [-0.1, -0.05) is 39.8 Å². The quantitative estimate of drug-likeness (QED) is 0.885. The van der Waals surface area contributed by atoms with Crippen molar-refractivity contribution in [2.75, 3.05) is 0 Å². The highest BCUT2D eigenvalue weighted by Crippen LogP contribution is 2.38. The largest absolute Gasteiger partial charge is 0.489 e. The molecule has 1 aromatic rings. The molecule has 3 atom stereocenters. The van der Waals surface area contributed by atoms with Gasteiger partial charge in [-0.25, -0.2) is 0 Å². The Hall–Kier alpha value is -1.02. The van der Waals surface area contributed by atoms with Crippen molar-refractivity contribution < 1.29 is 4.74 Å². The number of rotatable bonds is 4. The summed E-state index contributed by atoms with van der Waals surface area (Å²) >= 11 is 0. The molecule has 106 valence electrons. The number of benzene rings is 1. The highest BCUT2D eigenvalue weighted by atomic mass is 16.5. The first kappa shape index (κ1) is 14.4. The summed E-state index contributed by atoms with van der Waals surface area (Å²) in [6.07, 6.45) is 3.52. The van der Waals surface area contributed by atoms with Gasteiger partial charge in [0.15, 0.2) is 0 Å². The Kier molecular flexibility index (Phi) is 4.19. The maximum atomic E-state index is 6.28. The molecule has 2 N–H and O–H groups in total. The van der Waals surface area contributed by atoms with Crippen LogP contribution in [0.5, 0.6) is 5.75 Å². The van der Waals surface area contributed by atoms with E-state index in [0.29, 0.717) is 5.92 Å². The van der Waals surface area contributed by atoms with E-state index < -0.39 is 0 Å². The second-order valence-corrected chi connectivity index (χ2v) is 6.59. The van der Waals surface area contributed by atoms with Crippen LogP contribution >= 0.6 is 0 Å². The third-order valence-electron chi connectivity index (χ3n) is 4.73. The van der Waals surface area contributed by atoms with Crippen LogP contribution < -0.4 is 10.5 Å². The second-order valence-electron chi connectivity index (χ2n) is 6.59. The molecule has 0 spiro atoms. The summed E-state index contributed by atoms with van der Waals surface area (Å²) in [5.74, 6) is 1.56. The fraction of sp³-hybridized carbons (Fsp3) is 0.647. The van der Waals surface area contributed by atoms with Gasteiger partial charge in [-0.15, -0.1) is 0 Å². The molecular weight excluding hydrogens is 234 g/mol. The maximum Gasteiger partial charge on any atom is 0.119 e. The van der Waals surface area contributed by atoms with Gasteiger partial charge in [-0.2, -0.15) is 0 Å². The Bertz CT molecular complexity index is 410. The summed E-state index contributed by atoms with van der Waals surface area (Å²) < 4.78 is 6.07. The fourth-order valence-corrected chi connectivity index (χ4v) is 2.78. The van der Waals surface area contributed by atoms with Crippen molar-refractivity contribution in [3.8, 4) is 5.75 Å². The van der Waals surface area contributed by atoms with Crippen LogP contribution in [0.2, 0.25) is 0 Å². The molecule has 2 heteroatoms. The predicted molar refractivity (Wildman–Crippen MR) is 80.6 cm³/mol. The zero-order chi connectivity index (χ0) is 14.0. The lowest BCUT2D eigenvalue weighted by Gasteiger charge is -2.27. The summed E-state index contributed by atoms with van der Waals surface area (Å²) in [4.78, 5) is 0. The maximum absolute atomic E-state index is 6.28. The first-order chi connectivity index (χ1) is 8.94. The van der Waals surface area contributed by atoms with Gasteiger partial charge in [0.05, 0.1) is 0 Å². The normalized spacial score (nSPS) is 27.2. The zero-order valence-electron chi connectivity index (χ0n) is 12.6. The second kappa shape index (κ2) is 5.54. The first-order valence-electron chi connectivity index (χ1n) is 7.46. The number of hydrogen-bond acceptors (Lipinski definition) is 2. The molecule has 3 unspecified atom stereocenters. The van der Waals surface area contributed by atoms with Crippen molar-refractivity contribution in [2.24, 2.45) is 11.1 Å². The molecule has 1 fully saturated rings. The Morgan fingerprint density at radius 2 is 1.95 bits per heavy atom. The molecule has 0 aliphatic heterocycles. The lowest BCUT2D eigenvalue weighted by molar-refractivity contribution is 0.165. The lowest BCUT2D eigenvalue weighted by atomic mass is 9.88. The van der Waals surface area contributed by atoms with Gasteiger partial charge in [0.1, 0.15) is 11.9 Å². The predicted octanol–water partition coefficient (Wildman–Crippen LogP) is 4.09. The molecular formula is C17H27NO. The highest BCUT2D eigenvalue weighted by molar-refractivity contribution is 5.29. The molecule has 19 heavy (non-hydrogen) atoms. The molecule has 0 radical (unpaired) electrons. The minimum absolute atomic E-state index is 0.127. The van der Waals surface area contributed by atoms with Crippen LogP contribution in [0.15, 0.2) is 24.3 Å². The average Bonchev–Trinajstić information content (AvgIpc) is 2.66. The van der Waals surface area contributed by atoms with Gasteiger partial charge in [-0.05, 0) is 48.3 Å². The van der Waals surface area contributed by atoms with E-state index in [4.69, 9.17) is 10.5 Å². The summed E-state index contributed by atoms with van der Waals surface area (Å²) in [6, 6.07) is 8.64. The Morgan fingerprint density at radius 1 is 1.32 bits per heavy atom. The van der Waals surface area contributed by atoms with E-state index in [9.17, 15) is 0 Å². The number of hydrogen-bond donors (Lipinski definition) is 1. The van der Waals surface area contributed by atoms with Crippen molar-refractivity contribution in [1.29, 1.82) is 0 Å². The molecule has 0 bridgehead atoms. The summed E-state index contributed by atoms with van der Waals surface area (Å²) in [5.41, 5.74) is 7.86. The van der Waals surface area contributed by atoms with E-state index in [2.05, 4.69) is 52.0 Å². The van der Waals surface area contributed by atoms with Gasteiger partial charge < -0.3 is 10.5 Å². The molecule has 2 nitrogen and oxygen atoms in total. The molecule has 0 amide bonds. The van der Waals surface area contributed by atoms with Gasteiger partial charge in [-0.3, -0.25) is 0 Å². The smallest absolute Gasteiger partial charge is 0.119 e. The van der Waals surface area contributed by atoms with Crippen molar-refractivity contribution in [3.05, 3.63) is 29.8 Å². The van der Waals surface area contributed by atoms with E-state index in [1.165, 1.54) is 12.0 Å². The van der Waals surface area contributed by atoms with Crippen LogP contribution in [0.1, 0.15) is 58.4 Å². The van der Waals surface area contributed by atoms with Crippen LogP contribution in [0.3, 0.4) is 0 Å². The van der Waals surface area contributed by atoms with Gasteiger partial charge >= 0.3 is 0 Å². The van der Waals surface area contributed by atoms with Gasteiger partial charge in [0.25, 0.3) is 0 Å². The molecule has 1 saturated carbocycles. The van der Waals surface area contributed by atoms with E-state index >= 15 is 0 Å². The fourth-order valence-electron chi connectivity index (χ4n) is 2.78. The third kappa shape index (κ3) is 3.11. The van der Waals surface area contributed by atoms with Crippen LogP contribution in [0.25, 0.3) is 0 Å². The van der Waals surface area contributed by atoms with Gasteiger partial charge in [0, 0.05) is 6.04 Å². The Morgan fingerprint density at radius 3 is 2.42 bits per heavy atom. The number of nitrogens with two attached hydrogens (primary N) is 1. The van der Waals surface area contributed by atoms with Crippen molar-refractivity contribution >= 4 is 0 Å². The SMILES string of the molecule is CCC(C)c1ccc(OC2CCC(C)(C)C2N)cc1. The number of ether oxygens (including phenoxy) is 1. The topological polar surface area (TPSA) is 35.2 Å².